The average molecular weight is 240 g/mol. The van der Waals surface area contributed by atoms with Gasteiger partial charge < -0.3 is 5.32 Å². The van der Waals surface area contributed by atoms with Gasteiger partial charge in [-0.15, -0.1) is 0 Å². The summed E-state index contributed by atoms with van der Waals surface area (Å²) in [6, 6.07) is 13.2. The zero-order valence-corrected chi connectivity index (χ0v) is 11.3. The molecule has 0 radical (unpaired) electrons. The van der Waals surface area contributed by atoms with Crippen LogP contribution in [-0.4, -0.2) is 12.0 Å². The summed E-state index contributed by atoms with van der Waals surface area (Å²) in [4.78, 5) is 4.37. The number of rotatable bonds is 4. The maximum absolute atomic E-state index is 4.37. The summed E-state index contributed by atoms with van der Waals surface area (Å²) in [6.07, 6.45) is 2.95. The van der Waals surface area contributed by atoms with E-state index in [0.717, 1.165) is 12.1 Å². The highest BCUT2D eigenvalue weighted by molar-refractivity contribution is 5.26. The zero-order chi connectivity index (χ0) is 13.0. The first-order valence-corrected chi connectivity index (χ1v) is 6.34. The second-order valence-electron chi connectivity index (χ2n) is 4.77. The van der Waals surface area contributed by atoms with E-state index in [1.807, 2.05) is 20.2 Å². The van der Waals surface area contributed by atoms with E-state index in [2.05, 4.69) is 53.6 Å². The fourth-order valence-corrected chi connectivity index (χ4v) is 2.15. The Bertz CT molecular complexity index is 503. The molecular weight excluding hydrogens is 220 g/mol. The van der Waals surface area contributed by atoms with Gasteiger partial charge in [0.05, 0.1) is 0 Å². The third-order valence-electron chi connectivity index (χ3n) is 3.21. The van der Waals surface area contributed by atoms with E-state index in [1.165, 1.54) is 16.7 Å². The van der Waals surface area contributed by atoms with Gasteiger partial charge in [0, 0.05) is 17.9 Å². The molecule has 1 aromatic carbocycles. The van der Waals surface area contributed by atoms with Gasteiger partial charge in [0.15, 0.2) is 0 Å². The molecule has 1 N–H and O–H groups in total. The summed E-state index contributed by atoms with van der Waals surface area (Å²) in [5.74, 6) is 0. The Labute approximate surface area is 109 Å². The number of likely N-dealkylation sites (N-methyl/N-ethyl adjacent to an activating group) is 1. The lowest BCUT2D eigenvalue weighted by Crippen LogP contribution is -2.19. The predicted molar refractivity (Wildman–Crippen MR) is 75.7 cm³/mol. The Morgan fingerprint density at radius 2 is 2.00 bits per heavy atom. The third-order valence-corrected chi connectivity index (χ3v) is 3.21. The van der Waals surface area contributed by atoms with Crippen molar-refractivity contribution in [1.82, 2.24) is 10.3 Å². The van der Waals surface area contributed by atoms with Gasteiger partial charge in [0.2, 0.25) is 0 Å². The van der Waals surface area contributed by atoms with Gasteiger partial charge in [-0.25, -0.2) is 0 Å². The lowest BCUT2D eigenvalue weighted by atomic mass is 9.99. The quantitative estimate of drug-likeness (QED) is 0.887. The lowest BCUT2D eigenvalue weighted by molar-refractivity contribution is 0.589. The first-order valence-electron chi connectivity index (χ1n) is 6.34. The molecular formula is C16H20N2. The molecule has 0 bridgehead atoms. The van der Waals surface area contributed by atoms with Gasteiger partial charge in [-0.05, 0) is 44.5 Å². The fourth-order valence-electron chi connectivity index (χ4n) is 2.15. The zero-order valence-electron chi connectivity index (χ0n) is 11.3. The Balaban J connectivity index is 2.17. The number of nitrogens with one attached hydrogen (secondary N) is 1. The molecule has 2 aromatic rings. The van der Waals surface area contributed by atoms with Crippen LogP contribution in [0.1, 0.15) is 28.4 Å². The van der Waals surface area contributed by atoms with Crippen molar-refractivity contribution < 1.29 is 0 Å². The van der Waals surface area contributed by atoms with Gasteiger partial charge in [0.1, 0.15) is 0 Å². The molecule has 1 unspecified atom stereocenters. The molecule has 0 aliphatic carbocycles. The molecule has 0 saturated heterocycles. The van der Waals surface area contributed by atoms with Crippen LogP contribution >= 0.6 is 0 Å². The summed E-state index contributed by atoms with van der Waals surface area (Å²) < 4.78 is 0. The molecule has 94 valence electrons. The van der Waals surface area contributed by atoms with E-state index in [4.69, 9.17) is 0 Å². The molecule has 1 aromatic heterocycles. The number of aromatic nitrogens is 1. The monoisotopic (exact) mass is 240 g/mol. The first kappa shape index (κ1) is 12.8. The minimum absolute atomic E-state index is 0.319. The Morgan fingerprint density at radius 1 is 1.17 bits per heavy atom. The molecule has 1 heterocycles. The molecule has 0 saturated carbocycles. The molecule has 1 atom stereocenters. The van der Waals surface area contributed by atoms with Crippen molar-refractivity contribution in [3.05, 3.63) is 65.0 Å². The minimum atomic E-state index is 0.319. The lowest BCUT2D eigenvalue weighted by Gasteiger charge is -2.16. The van der Waals surface area contributed by atoms with Gasteiger partial charge in [0.25, 0.3) is 0 Å². The highest BCUT2D eigenvalue weighted by atomic mass is 14.9. The van der Waals surface area contributed by atoms with Crippen molar-refractivity contribution in [3.63, 3.8) is 0 Å². The highest BCUT2D eigenvalue weighted by Gasteiger charge is 2.10. The second-order valence-corrected chi connectivity index (χ2v) is 4.77. The number of pyridine rings is 1. The maximum Gasteiger partial charge on any atom is 0.0373 e. The maximum atomic E-state index is 4.37. The molecule has 18 heavy (non-hydrogen) atoms. The average Bonchev–Trinajstić information content (AvgIpc) is 2.37. The van der Waals surface area contributed by atoms with Crippen LogP contribution in [0.3, 0.4) is 0 Å². The predicted octanol–water partition coefficient (Wildman–Crippen LogP) is 3.20. The summed E-state index contributed by atoms with van der Waals surface area (Å²) in [5, 5.41) is 3.37. The van der Waals surface area contributed by atoms with E-state index in [0.29, 0.717) is 6.04 Å². The summed E-state index contributed by atoms with van der Waals surface area (Å²) in [5.41, 5.74) is 4.97. The molecule has 0 amide bonds. The summed E-state index contributed by atoms with van der Waals surface area (Å²) in [6.45, 7) is 4.14. The Hall–Kier alpha value is -1.67. The van der Waals surface area contributed by atoms with E-state index < -0.39 is 0 Å². The Morgan fingerprint density at radius 3 is 2.61 bits per heavy atom. The van der Waals surface area contributed by atoms with Crippen molar-refractivity contribution >= 4 is 0 Å². The van der Waals surface area contributed by atoms with Crippen molar-refractivity contribution in [1.29, 1.82) is 0 Å². The highest BCUT2D eigenvalue weighted by Crippen LogP contribution is 2.18. The molecule has 2 nitrogen and oxygen atoms in total. The van der Waals surface area contributed by atoms with Gasteiger partial charge in [-0.3, -0.25) is 4.98 Å². The largest absolute Gasteiger partial charge is 0.313 e. The molecule has 2 heteroatoms. The molecule has 0 aliphatic heterocycles. The summed E-state index contributed by atoms with van der Waals surface area (Å²) >= 11 is 0. The van der Waals surface area contributed by atoms with E-state index in [9.17, 15) is 0 Å². The minimum Gasteiger partial charge on any atom is -0.313 e. The van der Waals surface area contributed by atoms with Crippen LogP contribution in [0.4, 0.5) is 0 Å². The van der Waals surface area contributed by atoms with Crippen LogP contribution < -0.4 is 5.32 Å². The van der Waals surface area contributed by atoms with Crippen LogP contribution in [0.25, 0.3) is 0 Å². The van der Waals surface area contributed by atoms with Crippen LogP contribution in [0, 0.1) is 13.8 Å². The smallest absolute Gasteiger partial charge is 0.0373 e. The normalized spacial score (nSPS) is 12.4. The van der Waals surface area contributed by atoms with Gasteiger partial charge in [-0.1, -0.05) is 35.9 Å². The van der Waals surface area contributed by atoms with Crippen LogP contribution in [-0.2, 0) is 6.42 Å². The number of hydrogen-bond acceptors (Lipinski definition) is 2. The SMILES string of the molecule is CNC(Cc1cccc(C)c1)c1ccc(C)nc1. The van der Waals surface area contributed by atoms with Gasteiger partial charge >= 0.3 is 0 Å². The second kappa shape index (κ2) is 5.78. The van der Waals surface area contributed by atoms with Crippen molar-refractivity contribution in [2.45, 2.75) is 26.3 Å². The van der Waals surface area contributed by atoms with Gasteiger partial charge in [-0.2, -0.15) is 0 Å². The van der Waals surface area contributed by atoms with E-state index in [1.54, 1.807) is 0 Å². The Kier molecular flexibility index (Phi) is 4.11. The van der Waals surface area contributed by atoms with Crippen LogP contribution in [0.5, 0.6) is 0 Å². The topological polar surface area (TPSA) is 24.9 Å². The molecule has 0 fully saturated rings. The summed E-state index contributed by atoms with van der Waals surface area (Å²) in [7, 11) is 2.00. The van der Waals surface area contributed by atoms with Crippen molar-refractivity contribution in [2.24, 2.45) is 0 Å². The van der Waals surface area contributed by atoms with Crippen molar-refractivity contribution in [3.8, 4) is 0 Å². The number of aryl methyl sites for hydroxylation is 2. The molecule has 0 aliphatic rings. The van der Waals surface area contributed by atoms with Crippen molar-refractivity contribution in [2.75, 3.05) is 7.05 Å². The number of nitrogens with zero attached hydrogens (tertiary/aromatic N) is 1. The van der Waals surface area contributed by atoms with Crippen LogP contribution in [0.2, 0.25) is 0 Å². The third kappa shape index (κ3) is 3.17. The molecule has 2 rings (SSSR count). The first-order chi connectivity index (χ1) is 8.69. The van der Waals surface area contributed by atoms with Crippen LogP contribution in [0.15, 0.2) is 42.6 Å². The number of hydrogen-bond donors (Lipinski definition) is 1. The van der Waals surface area contributed by atoms with E-state index >= 15 is 0 Å². The number of benzene rings is 1. The van der Waals surface area contributed by atoms with E-state index in [-0.39, 0.29) is 0 Å². The fraction of sp³-hybridized carbons (Fsp3) is 0.312. The standard InChI is InChI=1S/C16H20N2/c1-12-5-4-6-14(9-12)10-16(17-3)15-8-7-13(2)18-11-15/h4-9,11,16-17H,10H2,1-3H3. The molecule has 0 spiro atoms.